The average molecular weight is 393 g/mol. The van der Waals surface area contributed by atoms with E-state index in [4.69, 9.17) is 14.2 Å². The third kappa shape index (κ3) is 4.05. The largest absolute Gasteiger partial charge is 0.508 e. The Hall–Kier alpha value is -3.56. The summed E-state index contributed by atoms with van der Waals surface area (Å²) in [5.41, 5.74) is 0.903. The lowest BCUT2D eigenvalue weighted by Gasteiger charge is -2.13. The molecular formula is C18H19NO9. The van der Waals surface area contributed by atoms with E-state index in [0.717, 1.165) is 13.2 Å². The Balaban J connectivity index is 2.46. The maximum Gasteiger partial charge on any atom is 0.508 e. The molecular weight excluding hydrogens is 374 g/mol. The second kappa shape index (κ2) is 8.89. The summed E-state index contributed by atoms with van der Waals surface area (Å²) < 4.78 is 25.0. The predicted molar refractivity (Wildman–Crippen MR) is 93.8 cm³/mol. The Bertz CT molecular complexity index is 876. The number of hydrogen-bond donors (Lipinski definition) is 0. The second-order valence-electron chi connectivity index (χ2n) is 5.46. The van der Waals surface area contributed by atoms with E-state index < -0.39 is 23.9 Å². The number of hydrogen-bond acceptors (Lipinski definition) is 9. The monoisotopic (exact) mass is 393 g/mol. The Morgan fingerprint density at radius 3 is 2.32 bits per heavy atom. The van der Waals surface area contributed by atoms with Crippen molar-refractivity contribution >= 4 is 30.0 Å². The summed E-state index contributed by atoms with van der Waals surface area (Å²) in [5, 5.41) is 0. The van der Waals surface area contributed by atoms with Gasteiger partial charge in [-0.25, -0.2) is 9.59 Å². The van der Waals surface area contributed by atoms with Crippen LogP contribution in [0.5, 0.6) is 0 Å². The summed E-state index contributed by atoms with van der Waals surface area (Å²) in [4.78, 5) is 47.6. The molecule has 0 saturated carbocycles. The normalized spacial score (nSPS) is 13.1. The highest BCUT2D eigenvalue weighted by atomic mass is 16.7. The number of nitrogens with zero attached hydrogens (tertiary/aromatic N) is 1. The van der Waals surface area contributed by atoms with Gasteiger partial charge in [-0.1, -0.05) is 0 Å². The van der Waals surface area contributed by atoms with Crippen LogP contribution in [-0.4, -0.2) is 56.4 Å². The summed E-state index contributed by atoms with van der Waals surface area (Å²) in [6.45, 7) is -0.424. The molecule has 0 bridgehead atoms. The number of ether oxygens (including phenoxy) is 5. The van der Waals surface area contributed by atoms with Gasteiger partial charge in [-0.05, 0) is 12.2 Å². The van der Waals surface area contributed by atoms with Crippen molar-refractivity contribution in [2.24, 2.45) is 7.05 Å². The Morgan fingerprint density at radius 1 is 1.07 bits per heavy atom. The Kier molecular flexibility index (Phi) is 6.59. The number of aromatic nitrogens is 1. The molecule has 0 fully saturated rings. The fraction of sp³-hybridized carbons (Fsp3) is 0.333. The second-order valence-corrected chi connectivity index (χ2v) is 5.46. The van der Waals surface area contributed by atoms with Crippen molar-refractivity contribution in [2.75, 3.05) is 27.9 Å². The van der Waals surface area contributed by atoms with Gasteiger partial charge in [0.2, 0.25) is 11.6 Å². The van der Waals surface area contributed by atoms with Crippen molar-refractivity contribution in [3.05, 3.63) is 40.4 Å². The maximum absolute atomic E-state index is 12.7. The number of methoxy groups -OCH3 is 3. The summed E-state index contributed by atoms with van der Waals surface area (Å²) in [6.07, 6.45) is 2.31. The van der Waals surface area contributed by atoms with Crippen LogP contribution in [0.1, 0.15) is 32.1 Å². The van der Waals surface area contributed by atoms with Gasteiger partial charge >= 0.3 is 12.3 Å². The first-order valence-electron chi connectivity index (χ1n) is 7.99. The molecule has 0 radical (unpaired) electrons. The first kappa shape index (κ1) is 20.7. The zero-order valence-electron chi connectivity index (χ0n) is 15.8. The molecule has 0 N–H and O–H groups in total. The van der Waals surface area contributed by atoms with Gasteiger partial charge in [0, 0.05) is 24.4 Å². The molecule has 1 aromatic heterocycles. The first-order chi connectivity index (χ1) is 13.3. The molecule has 0 saturated heterocycles. The molecule has 0 aromatic carbocycles. The molecule has 0 aliphatic heterocycles. The highest BCUT2D eigenvalue weighted by molar-refractivity contribution is 6.24. The minimum absolute atomic E-state index is 0.0734. The zero-order valence-corrected chi connectivity index (χ0v) is 15.8. The third-order valence-electron chi connectivity index (χ3n) is 3.95. The third-order valence-corrected chi connectivity index (χ3v) is 3.95. The quantitative estimate of drug-likeness (QED) is 0.668. The van der Waals surface area contributed by atoms with E-state index in [2.05, 4.69) is 9.47 Å². The molecule has 28 heavy (non-hydrogen) atoms. The average Bonchev–Trinajstić information content (AvgIpc) is 2.98. The van der Waals surface area contributed by atoms with Gasteiger partial charge in [0.15, 0.2) is 5.76 Å². The number of ketones is 2. The van der Waals surface area contributed by atoms with Crippen molar-refractivity contribution in [2.45, 2.75) is 6.61 Å². The lowest BCUT2D eigenvalue weighted by molar-refractivity contribution is 0.0661. The van der Waals surface area contributed by atoms with Gasteiger partial charge in [-0.2, -0.15) is 0 Å². The minimum atomic E-state index is -0.946. The standard InChI is InChI=1S/C18H19NO9/c1-19-11(6-5-7-27-17(22)25-3)10(9-28-18(23)26-4)14-15(19)12(20)8-13(24-2)16(14)21/h5-6,8H,7,9H2,1-4H3. The van der Waals surface area contributed by atoms with Crippen LogP contribution in [0, 0.1) is 0 Å². The molecule has 10 heteroatoms. The van der Waals surface area contributed by atoms with E-state index in [0.29, 0.717) is 11.3 Å². The highest BCUT2D eigenvalue weighted by Crippen LogP contribution is 2.31. The fourth-order valence-electron chi connectivity index (χ4n) is 2.71. The lowest BCUT2D eigenvalue weighted by atomic mass is 9.96. The fourth-order valence-corrected chi connectivity index (χ4v) is 2.71. The molecule has 0 atom stereocenters. The molecule has 10 nitrogen and oxygen atoms in total. The van der Waals surface area contributed by atoms with Gasteiger partial charge in [0.05, 0.1) is 26.9 Å². The molecule has 1 aliphatic rings. The van der Waals surface area contributed by atoms with Gasteiger partial charge in [0.1, 0.15) is 18.9 Å². The SMILES string of the molecule is COC(=O)OCC=Cc1c(COC(=O)OC)c2c(n1C)C(=O)C=C(OC)C2=O. The van der Waals surface area contributed by atoms with E-state index in [9.17, 15) is 19.2 Å². The predicted octanol–water partition coefficient (Wildman–Crippen LogP) is 2.01. The number of Topliss-reactive ketones (excluding diaryl/α,β-unsaturated/α-hetero) is 1. The molecule has 0 unspecified atom stereocenters. The zero-order chi connectivity index (χ0) is 20.8. The molecule has 0 spiro atoms. The van der Waals surface area contributed by atoms with Crippen molar-refractivity contribution < 1.29 is 42.9 Å². The minimum Gasteiger partial charge on any atom is -0.492 e. The number of allylic oxidation sites excluding steroid dienone is 2. The topological polar surface area (TPSA) is 119 Å². The van der Waals surface area contributed by atoms with Crippen molar-refractivity contribution in [1.29, 1.82) is 0 Å². The molecule has 1 heterocycles. The van der Waals surface area contributed by atoms with Crippen LogP contribution in [0.2, 0.25) is 0 Å². The van der Waals surface area contributed by atoms with Gasteiger partial charge in [-0.15, -0.1) is 0 Å². The van der Waals surface area contributed by atoms with Crippen LogP contribution >= 0.6 is 0 Å². The van der Waals surface area contributed by atoms with Gasteiger partial charge < -0.3 is 28.3 Å². The summed E-state index contributed by atoms with van der Waals surface area (Å²) in [6, 6.07) is 0. The van der Waals surface area contributed by atoms with E-state index in [-0.39, 0.29) is 30.2 Å². The van der Waals surface area contributed by atoms with E-state index in [1.807, 2.05) is 0 Å². The van der Waals surface area contributed by atoms with Crippen LogP contribution < -0.4 is 0 Å². The number of carbonyl (C=O) groups is 4. The van der Waals surface area contributed by atoms with Crippen LogP contribution in [0.4, 0.5) is 9.59 Å². The number of fused-ring (bicyclic) bond motifs is 1. The molecule has 2 rings (SSSR count). The van der Waals surface area contributed by atoms with Gasteiger partial charge in [0.25, 0.3) is 0 Å². The summed E-state index contributed by atoms with van der Waals surface area (Å²) >= 11 is 0. The number of rotatable bonds is 6. The summed E-state index contributed by atoms with van der Waals surface area (Å²) in [7, 11) is 5.18. The smallest absolute Gasteiger partial charge is 0.492 e. The van der Waals surface area contributed by atoms with E-state index >= 15 is 0 Å². The Morgan fingerprint density at radius 2 is 1.71 bits per heavy atom. The number of carbonyl (C=O) groups excluding carboxylic acids is 4. The van der Waals surface area contributed by atoms with Crippen LogP contribution in [0.25, 0.3) is 6.08 Å². The highest BCUT2D eigenvalue weighted by Gasteiger charge is 2.34. The first-order valence-corrected chi connectivity index (χ1v) is 7.99. The molecule has 150 valence electrons. The molecule has 1 aromatic rings. The van der Waals surface area contributed by atoms with Crippen molar-refractivity contribution in [3.63, 3.8) is 0 Å². The molecule has 0 amide bonds. The Labute approximate surface area is 160 Å². The van der Waals surface area contributed by atoms with Gasteiger partial charge in [-0.3, -0.25) is 9.59 Å². The van der Waals surface area contributed by atoms with Crippen LogP contribution in [0.3, 0.4) is 0 Å². The van der Waals surface area contributed by atoms with Crippen LogP contribution in [-0.2, 0) is 37.3 Å². The van der Waals surface area contributed by atoms with Crippen LogP contribution in [0.15, 0.2) is 17.9 Å². The lowest BCUT2D eigenvalue weighted by Crippen LogP contribution is -2.20. The summed E-state index contributed by atoms with van der Waals surface area (Å²) in [5.74, 6) is -1.06. The van der Waals surface area contributed by atoms with Crippen molar-refractivity contribution in [1.82, 2.24) is 4.57 Å². The maximum atomic E-state index is 12.7. The van der Waals surface area contributed by atoms with Crippen molar-refractivity contribution in [3.8, 4) is 0 Å². The van der Waals surface area contributed by atoms with E-state index in [1.54, 1.807) is 7.05 Å². The molecule has 1 aliphatic carbocycles. The van der Waals surface area contributed by atoms with E-state index in [1.165, 1.54) is 30.9 Å².